The molecule has 1 amide bonds. The first-order valence-corrected chi connectivity index (χ1v) is 8.80. The number of piperazine rings is 1. The molecule has 0 unspecified atom stereocenters. The Labute approximate surface area is 159 Å². The zero-order chi connectivity index (χ0) is 20.2. The first-order chi connectivity index (χ1) is 12.6. The predicted octanol–water partition coefficient (Wildman–Crippen LogP) is 2.92. The first-order valence-electron chi connectivity index (χ1n) is 8.42. The Morgan fingerprint density at radius 2 is 1.93 bits per heavy atom. The fourth-order valence-electron chi connectivity index (χ4n) is 2.84. The Morgan fingerprint density at radius 1 is 1.30 bits per heavy atom. The third-order valence-electron chi connectivity index (χ3n) is 4.22. The van der Waals surface area contributed by atoms with Crippen molar-refractivity contribution in [3.63, 3.8) is 0 Å². The Morgan fingerprint density at radius 3 is 2.44 bits per heavy atom. The maximum atomic E-state index is 13.0. The number of amides is 1. The van der Waals surface area contributed by atoms with Crippen LogP contribution in [0.15, 0.2) is 12.1 Å². The van der Waals surface area contributed by atoms with Crippen LogP contribution in [0.25, 0.3) is 0 Å². The van der Waals surface area contributed by atoms with Gasteiger partial charge in [-0.15, -0.1) is 0 Å². The van der Waals surface area contributed by atoms with E-state index in [1.165, 1.54) is 0 Å². The van der Waals surface area contributed by atoms with Gasteiger partial charge in [0.05, 0.1) is 22.1 Å². The highest BCUT2D eigenvalue weighted by Crippen LogP contribution is 2.41. The van der Waals surface area contributed by atoms with Crippen molar-refractivity contribution in [3.05, 3.63) is 32.8 Å². The zero-order valence-corrected chi connectivity index (χ0v) is 15.4. The summed E-state index contributed by atoms with van der Waals surface area (Å²) >= 11 is 5.72. The number of benzene rings is 1. The van der Waals surface area contributed by atoms with Crippen LogP contribution in [0.4, 0.5) is 24.5 Å². The van der Waals surface area contributed by atoms with Crippen molar-refractivity contribution >= 4 is 28.9 Å². The minimum atomic E-state index is -4.77. The molecule has 0 bridgehead atoms. The van der Waals surface area contributed by atoms with Gasteiger partial charge in [-0.2, -0.15) is 13.2 Å². The maximum Gasteiger partial charge on any atom is 0.418 e. The van der Waals surface area contributed by atoms with Crippen molar-refractivity contribution in [2.24, 2.45) is 0 Å². The summed E-state index contributed by atoms with van der Waals surface area (Å²) < 4.78 is 38.9. The molecule has 1 aromatic carbocycles. The molecule has 1 fully saturated rings. The zero-order valence-electron chi connectivity index (χ0n) is 14.7. The van der Waals surface area contributed by atoms with E-state index in [2.05, 4.69) is 5.32 Å². The fourth-order valence-corrected chi connectivity index (χ4v) is 3.10. The summed E-state index contributed by atoms with van der Waals surface area (Å²) in [6, 6.07) is 1.47. The van der Waals surface area contributed by atoms with E-state index in [0.717, 1.165) is 12.5 Å². The van der Waals surface area contributed by atoms with Crippen LogP contribution in [0, 0.1) is 10.1 Å². The molecule has 0 spiro atoms. The summed E-state index contributed by atoms with van der Waals surface area (Å²) in [5.74, 6) is -0.103. The summed E-state index contributed by atoms with van der Waals surface area (Å²) in [6.45, 7) is 4.33. The number of carbonyl (C=O) groups is 1. The highest BCUT2D eigenvalue weighted by atomic mass is 35.5. The molecule has 27 heavy (non-hydrogen) atoms. The maximum absolute atomic E-state index is 13.0. The van der Waals surface area contributed by atoms with Crippen LogP contribution >= 0.6 is 11.6 Å². The Bertz CT molecular complexity index is 707. The van der Waals surface area contributed by atoms with Gasteiger partial charge >= 0.3 is 6.18 Å². The Balaban J connectivity index is 2.12. The lowest BCUT2D eigenvalue weighted by molar-refractivity contribution is -0.384. The van der Waals surface area contributed by atoms with Crippen LogP contribution in [0.2, 0.25) is 5.02 Å². The van der Waals surface area contributed by atoms with Crippen LogP contribution in [0.3, 0.4) is 0 Å². The number of hydrogen-bond donors (Lipinski definition) is 1. The number of hydrogen-bond acceptors (Lipinski definition) is 5. The molecule has 7 nitrogen and oxygen atoms in total. The smallest absolute Gasteiger partial charge is 0.363 e. The summed E-state index contributed by atoms with van der Waals surface area (Å²) in [5, 5.41) is 13.5. The third-order valence-corrected chi connectivity index (χ3v) is 4.53. The lowest BCUT2D eigenvalue weighted by Crippen LogP contribution is -2.49. The molecule has 1 aliphatic heterocycles. The monoisotopic (exact) mass is 408 g/mol. The molecular formula is C16H20ClF3N4O3. The van der Waals surface area contributed by atoms with Crippen molar-refractivity contribution in [2.45, 2.75) is 19.5 Å². The highest BCUT2D eigenvalue weighted by Gasteiger charge is 2.37. The Kier molecular flexibility index (Phi) is 6.88. The van der Waals surface area contributed by atoms with Gasteiger partial charge in [0.15, 0.2) is 0 Å². The van der Waals surface area contributed by atoms with E-state index in [1.54, 1.807) is 4.90 Å². The van der Waals surface area contributed by atoms with Crippen molar-refractivity contribution < 1.29 is 22.9 Å². The number of rotatable bonds is 6. The van der Waals surface area contributed by atoms with Gasteiger partial charge in [0.2, 0.25) is 5.91 Å². The van der Waals surface area contributed by atoms with Gasteiger partial charge in [-0.3, -0.25) is 19.8 Å². The van der Waals surface area contributed by atoms with Gasteiger partial charge < -0.3 is 10.2 Å². The highest BCUT2D eigenvalue weighted by molar-refractivity contribution is 6.31. The molecular weight excluding hydrogens is 389 g/mol. The summed E-state index contributed by atoms with van der Waals surface area (Å²) in [4.78, 5) is 25.7. The van der Waals surface area contributed by atoms with Gasteiger partial charge in [-0.25, -0.2) is 0 Å². The summed E-state index contributed by atoms with van der Waals surface area (Å²) in [6.07, 6.45) is -3.94. The molecule has 0 saturated carbocycles. The summed E-state index contributed by atoms with van der Waals surface area (Å²) in [7, 11) is 0. The topological polar surface area (TPSA) is 78.7 Å². The van der Waals surface area contributed by atoms with Gasteiger partial charge in [-0.1, -0.05) is 18.5 Å². The minimum Gasteiger partial charge on any atom is -0.363 e. The number of halogens is 4. The summed E-state index contributed by atoms with van der Waals surface area (Å²) in [5.41, 5.74) is -1.82. The number of nitro groups is 1. The van der Waals surface area contributed by atoms with Crippen LogP contribution in [0.1, 0.15) is 18.9 Å². The minimum absolute atomic E-state index is 0.0492. The normalized spacial score (nSPS) is 15.7. The van der Waals surface area contributed by atoms with E-state index in [0.29, 0.717) is 38.8 Å². The number of nitro benzene ring substituents is 1. The molecule has 1 aromatic rings. The fraction of sp³-hybridized carbons (Fsp3) is 0.562. The molecule has 0 aliphatic carbocycles. The molecule has 1 saturated heterocycles. The third kappa shape index (κ3) is 5.46. The van der Waals surface area contributed by atoms with Gasteiger partial charge in [0.1, 0.15) is 5.69 Å². The average Bonchev–Trinajstić information content (AvgIpc) is 2.59. The van der Waals surface area contributed by atoms with Crippen molar-refractivity contribution in [1.82, 2.24) is 10.2 Å². The molecule has 150 valence electrons. The molecule has 1 aliphatic rings. The molecule has 2 rings (SSSR count). The number of anilines is 1. The van der Waals surface area contributed by atoms with E-state index in [9.17, 15) is 28.1 Å². The van der Waals surface area contributed by atoms with E-state index in [4.69, 9.17) is 11.6 Å². The average molecular weight is 409 g/mol. The molecule has 1 N–H and O–H groups in total. The van der Waals surface area contributed by atoms with E-state index in [1.807, 2.05) is 11.8 Å². The van der Waals surface area contributed by atoms with Crippen molar-refractivity contribution in [1.29, 1.82) is 0 Å². The lowest BCUT2D eigenvalue weighted by atomic mass is 10.1. The number of alkyl halides is 3. The predicted molar refractivity (Wildman–Crippen MR) is 95.1 cm³/mol. The molecule has 1 heterocycles. The second kappa shape index (κ2) is 8.75. The van der Waals surface area contributed by atoms with Gasteiger partial charge in [-0.05, 0) is 12.5 Å². The van der Waals surface area contributed by atoms with Crippen LogP contribution < -0.4 is 10.2 Å². The second-order valence-corrected chi connectivity index (χ2v) is 6.60. The largest absolute Gasteiger partial charge is 0.418 e. The van der Waals surface area contributed by atoms with Gasteiger partial charge in [0, 0.05) is 38.8 Å². The van der Waals surface area contributed by atoms with Crippen LogP contribution in [0.5, 0.6) is 0 Å². The number of nitrogens with zero attached hydrogens (tertiary/aromatic N) is 3. The molecule has 0 radical (unpaired) electrons. The molecule has 0 aromatic heterocycles. The van der Waals surface area contributed by atoms with Crippen molar-refractivity contribution in [2.75, 3.05) is 44.2 Å². The van der Waals surface area contributed by atoms with E-state index in [-0.39, 0.29) is 18.1 Å². The first kappa shape index (κ1) is 21.2. The second-order valence-electron chi connectivity index (χ2n) is 6.19. The van der Waals surface area contributed by atoms with Gasteiger partial charge in [0.25, 0.3) is 5.69 Å². The Hall–Kier alpha value is -2.07. The molecule has 11 heteroatoms. The number of carbonyl (C=O) groups excluding carboxylic acids is 1. The van der Waals surface area contributed by atoms with Crippen LogP contribution in [-0.2, 0) is 11.0 Å². The van der Waals surface area contributed by atoms with Crippen molar-refractivity contribution in [3.8, 4) is 0 Å². The standard InChI is InChI=1S/C16H20ClF3N4O3/c1-2-3-21-15(25)10-22-4-6-23(7-5-22)13-9-12(17)11(16(18,19)20)8-14(13)24(26)27/h8-9H,2-7,10H2,1H3,(H,21,25). The van der Waals surface area contributed by atoms with E-state index >= 15 is 0 Å². The quantitative estimate of drug-likeness (QED) is 0.578. The van der Waals surface area contributed by atoms with E-state index < -0.39 is 27.4 Å². The number of nitrogens with one attached hydrogen (secondary N) is 1. The lowest BCUT2D eigenvalue weighted by Gasteiger charge is -2.35. The van der Waals surface area contributed by atoms with Crippen LogP contribution in [-0.4, -0.2) is 55.0 Å². The SMILES string of the molecule is CCCNC(=O)CN1CCN(c2cc(Cl)c(C(F)(F)F)cc2[N+](=O)[O-])CC1. The molecule has 0 atom stereocenters.